The van der Waals surface area contributed by atoms with Gasteiger partial charge < -0.3 is 10.5 Å². The van der Waals surface area contributed by atoms with Crippen LogP contribution in [0.2, 0.25) is 0 Å². The lowest BCUT2D eigenvalue weighted by atomic mass is 10.1. The van der Waals surface area contributed by atoms with E-state index in [1.165, 1.54) is 19.5 Å². The lowest BCUT2D eigenvalue weighted by molar-refractivity contribution is -0.136. The molecule has 0 saturated heterocycles. The van der Waals surface area contributed by atoms with Crippen LogP contribution in [-0.4, -0.2) is 23.3 Å². The Balaban J connectivity index is 2.69. The van der Waals surface area contributed by atoms with Crippen molar-refractivity contribution in [2.75, 3.05) is 7.11 Å². The van der Waals surface area contributed by atoms with E-state index < -0.39 is 18.6 Å². The number of ether oxygens (including phenoxy) is 1. The van der Waals surface area contributed by atoms with E-state index >= 15 is 0 Å². The number of halogens is 3. The highest BCUT2D eigenvalue weighted by Crippen LogP contribution is 2.27. The highest BCUT2D eigenvalue weighted by Gasteiger charge is 2.28. The lowest BCUT2D eigenvalue weighted by Gasteiger charge is -2.14. The number of methoxy groups -OCH3 is 1. The zero-order chi connectivity index (χ0) is 12.2. The first kappa shape index (κ1) is 12.7. The van der Waals surface area contributed by atoms with E-state index in [2.05, 4.69) is 9.97 Å². The molecule has 1 aromatic rings. The molecule has 1 rings (SSSR count). The summed E-state index contributed by atoms with van der Waals surface area (Å²) in [6.07, 6.45) is -2.65. The number of alkyl halides is 3. The van der Waals surface area contributed by atoms with Crippen molar-refractivity contribution in [3.8, 4) is 5.88 Å². The summed E-state index contributed by atoms with van der Waals surface area (Å²) in [7, 11) is 1.37. The Hall–Kier alpha value is -1.37. The second-order valence-corrected chi connectivity index (χ2v) is 3.21. The van der Waals surface area contributed by atoms with Gasteiger partial charge in [0.1, 0.15) is 5.69 Å². The van der Waals surface area contributed by atoms with Gasteiger partial charge in [0, 0.05) is 18.8 Å². The van der Waals surface area contributed by atoms with E-state index in [0.717, 1.165) is 0 Å². The van der Waals surface area contributed by atoms with Gasteiger partial charge in [-0.25, -0.2) is 4.98 Å². The third kappa shape index (κ3) is 3.65. The molecular formula is C9H12F3N3O. The Morgan fingerprint density at radius 2 is 2.00 bits per heavy atom. The molecule has 0 bridgehead atoms. The van der Waals surface area contributed by atoms with Crippen LogP contribution in [0.5, 0.6) is 5.88 Å². The third-order valence-corrected chi connectivity index (χ3v) is 1.97. The van der Waals surface area contributed by atoms with Crippen molar-refractivity contribution in [3.05, 3.63) is 18.1 Å². The van der Waals surface area contributed by atoms with Crippen molar-refractivity contribution in [1.82, 2.24) is 9.97 Å². The molecular weight excluding hydrogens is 223 g/mol. The molecule has 0 aliphatic carbocycles. The second kappa shape index (κ2) is 5.11. The predicted molar refractivity (Wildman–Crippen MR) is 50.8 cm³/mol. The largest absolute Gasteiger partial charge is 0.480 e. The Morgan fingerprint density at radius 3 is 2.56 bits per heavy atom. The quantitative estimate of drug-likeness (QED) is 0.864. The van der Waals surface area contributed by atoms with Crippen LogP contribution in [-0.2, 0) is 0 Å². The standard InChI is InChI=1S/C9H12F3N3O/c1-16-8-7(14-4-5-15-8)6(13)2-3-9(10,11)12/h4-6H,2-3,13H2,1H3. The van der Waals surface area contributed by atoms with Crippen molar-refractivity contribution < 1.29 is 17.9 Å². The predicted octanol–water partition coefficient (Wildman–Crippen LogP) is 1.83. The zero-order valence-corrected chi connectivity index (χ0v) is 8.66. The van der Waals surface area contributed by atoms with Crippen LogP contribution in [0.4, 0.5) is 13.2 Å². The van der Waals surface area contributed by atoms with Gasteiger partial charge in [0.05, 0.1) is 13.2 Å². The van der Waals surface area contributed by atoms with Gasteiger partial charge in [-0.2, -0.15) is 13.2 Å². The molecule has 0 fully saturated rings. The maximum absolute atomic E-state index is 12.0. The first-order valence-corrected chi connectivity index (χ1v) is 4.61. The number of hydrogen-bond donors (Lipinski definition) is 1. The van der Waals surface area contributed by atoms with Gasteiger partial charge in [-0.05, 0) is 6.42 Å². The van der Waals surface area contributed by atoms with Crippen LogP contribution in [0, 0.1) is 0 Å². The van der Waals surface area contributed by atoms with E-state index in [-0.39, 0.29) is 18.0 Å². The molecule has 7 heteroatoms. The summed E-state index contributed by atoms with van der Waals surface area (Å²) in [6, 6.07) is -0.828. The summed E-state index contributed by atoms with van der Waals surface area (Å²) in [4.78, 5) is 7.69. The van der Waals surface area contributed by atoms with Gasteiger partial charge in [-0.3, -0.25) is 4.98 Å². The van der Waals surface area contributed by atoms with Crippen LogP contribution in [0.25, 0.3) is 0 Å². The maximum atomic E-state index is 12.0. The first-order chi connectivity index (χ1) is 7.44. The van der Waals surface area contributed by atoms with E-state index in [0.29, 0.717) is 0 Å². The first-order valence-electron chi connectivity index (χ1n) is 4.61. The van der Waals surface area contributed by atoms with Crippen LogP contribution < -0.4 is 10.5 Å². The SMILES string of the molecule is COc1nccnc1C(N)CCC(F)(F)F. The number of aromatic nitrogens is 2. The fourth-order valence-corrected chi connectivity index (χ4v) is 1.20. The minimum Gasteiger partial charge on any atom is -0.480 e. The van der Waals surface area contributed by atoms with E-state index in [1.807, 2.05) is 0 Å². The molecule has 0 amide bonds. The van der Waals surface area contributed by atoms with E-state index in [1.54, 1.807) is 0 Å². The Bertz CT molecular complexity index is 343. The van der Waals surface area contributed by atoms with Gasteiger partial charge in [-0.1, -0.05) is 0 Å². The van der Waals surface area contributed by atoms with E-state index in [4.69, 9.17) is 10.5 Å². The number of nitrogens with two attached hydrogens (primary N) is 1. The highest BCUT2D eigenvalue weighted by atomic mass is 19.4. The molecule has 1 unspecified atom stereocenters. The number of hydrogen-bond acceptors (Lipinski definition) is 4. The molecule has 0 spiro atoms. The highest BCUT2D eigenvalue weighted by molar-refractivity contribution is 5.20. The molecule has 1 heterocycles. The molecule has 2 N–H and O–H groups in total. The normalized spacial score (nSPS) is 13.6. The van der Waals surface area contributed by atoms with Crippen LogP contribution in [0.3, 0.4) is 0 Å². The van der Waals surface area contributed by atoms with Crippen LogP contribution in [0.1, 0.15) is 24.6 Å². The van der Waals surface area contributed by atoms with Crippen molar-refractivity contribution in [2.45, 2.75) is 25.1 Å². The Morgan fingerprint density at radius 1 is 1.38 bits per heavy atom. The molecule has 1 aromatic heterocycles. The molecule has 0 radical (unpaired) electrons. The average Bonchev–Trinajstić information content (AvgIpc) is 2.25. The molecule has 4 nitrogen and oxygen atoms in total. The summed E-state index contributed by atoms with van der Waals surface area (Å²) >= 11 is 0. The van der Waals surface area contributed by atoms with E-state index in [9.17, 15) is 13.2 Å². The lowest BCUT2D eigenvalue weighted by Crippen LogP contribution is -2.18. The van der Waals surface area contributed by atoms with Crippen molar-refractivity contribution in [3.63, 3.8) is 0 Å². The second-order valence-electron chi connectivity index (χ2n) is 3.21. The fourth-order valence-electron chi connectivity index (χ4n) is 1.20. The summed E-state index contributed by atoms with van der Waals surface area (Å²) in [6.45, 7) is 0. The van der Waals surface area contributed by atoms with Crippen molar-refractivity contribution in [2.24, 2.45) is 5.73 Å². The smallest absolute Gasteiger partial charge is 0.389 e. The minimum absolute atomic E-state index is 0.164. The van der Waals surface area contributed by atoms with Crippen molar-refractivity contribution in [1.29, 1.82) is 0 Å². The Kier molecular flexibility index (Phi) is 4.05. The molecule has 0 aromatic carbocycles. The minimum atomic E-state index is -4.22. The van der Waals surface area contributed by atoms with Gasteiger partial charge >= 0.3 is 6.18 Å². The van der Waals surface area contributed by atoms with Crippen LogP contribution in [0.15, 0.2) is 12.4 Å². The average molecular weight is 235 g/mol. The molecule has 1 atom stereocenters. The number of nitrogens with zero attached hydrogens (tertiary/aromatic N) is 2. The maximum Gasteiger partial charge on any atom is 0.389 e. The van der Waals surface area contributed by atoms with Gasteiger partial charge in [0.25, 0.3) is 0 Å². The summed E-state index contributed by atoms with van der Waals surface area (Å²) < 4.78 is 40.8. The van der Waals surface area contributed by atoms with Gasteiger partial charge in [-0.15, -0.1) is 0 Å². The zero-order valence-electron chi connectivity index (χ0n) is 8.66. The summed E-state index contributed by atoms with van der Waals surface area (Å²) in [5.74, 6) is 0.164. The molecule has 0 aliphatic rings. The third-order valence-electron chi connectivity index (χ3n) is 1.97. The summed E-state index contributed by atoms with van der Waals surface area (Å²) in [5, 5.41) is 0. The fraction of sp³-hybridized carbons (Fsp3) is 0.556. The molecule has 16 heavy (non-hydrogen) atoms. The monoisotopic (exact) mass is 235 g/mol. The van der Waals surface area contributed by atoms with Gasteiger partial charge in [0.15, 0.2) is 0 Å². The summed E-state index contributed by atoms with van der Waals surface area (Å²) in [5.41, 5.74) is 5.84. The Labute approximate surface area is 90.6 Å². The van der Waals surface area contributed by atoms with Gasteiger partial charge in [0.2, 0.25) is 5.88 Å². The van der Waals surface area contributed by atoms with Crippen LogP contribution >= 0.6 is 0 Å². The topological polar surface area (TPSA) is 61.0 Å². The molecule has 90 valence electrons. The molecule has 0 saturated carbocycles. The number of rotatable bonds is 4. The molecule has 0 aliphatic heterocycles. The van der Waals surface area contributed by atoms with Crippen molar-refractivity contribution >= 4 is 0 Å².